The fourth-order valence-electron chi connectivity index (χ4n) is 2.37. The van der Waals surface area contributed by atoms with Gasteiger partial charge in [-0.3, -0.25) is 14.5 Å². The maximum Gasteiger partial charge on any atom is 0.276 e. The zero-order chi connectivity index (χ0) is 17.3. The molecule has 0 spiro atoms. The third-order valence-electron chi connectivity index (χ3n) is 3.46. The van der Waals surface area contributed by atoms with E-state index in [1.807, 2.05) is 32.9 Å². The maximum atomic E-state index is 12.7. The van der Waals surface area contributed by atoms with Crippen molar-refractivity contribution >= 4 is 28.0 Å². The zero-order valence-electron chi connectivity index (χ0n) is 14.0. The summed E-state index contributed by atoms with van der Waals surface area (Å²) in [5, 5.41) is 12.3. The van der Waals surface area contributed by atoms with Gasteiger partial charge in [0.1, 0.15) is 10.7 Å². The lowest BCUT2D eigenvalue weighted by Crippen LogP contribution is -2.15. The molecule has 0 saturated heterocycles. The highest BCUT2D eigenvalue weighted by molar-refractivity contribution is 7.15. The van der Waals surface area contributed by atoms with E-state index in [0.717, 1.165) is 5.01 Å². The number of rotatable bonds is 5. The minimum absolute atomic E-state index is 0.264. The van der Waals surface area contributed by atoms with Gasteiger partial charge in [0.25, 0.3) is 5.91 Å². The molecule has 0 saturated carbocycles. The molecule has 3 aromatic rings. The van der Waals surface area contributed by atoms with Crippen LogP contribution in [0.2, 0.25) is 0 Å². The number of nitrogens with one attached hydrogen (secondary N) is 1. The number of imidazole rings is 1. The monoisotopic (exact) mass is 345 g/mol. The largest absolute Gasteiger partial charge is 0.490 e. The molecule has 0 aliphatic carbocycles. The number of pyridine rings is 1. The first-order chi connectivity index (χ1) is 11.5. The van der Waals surface area contributed by atoms with Crippen molar-refractivity contribution in [2.75, 3.05) is 11.9 Å². The van der Waals surface area contributed by atoms with Crippen molar-refractivity contribution in [3.8, 4) is 5.75 Å². The summed E-state index contributed by atoms with van der Waals surface area (Å²) < 4.78 is 7.32. The van der Waals surface area contributed by atoms with E-state index in [4.69, 9.17) is 4.74 Å². The van der Waals surface area contributed by atoms with Crippen LogP contribution in [0.5, 0.6) is 5.75 Å². The molecule has 0 aliphatic rings. The van der Waals surface area contributed by atoms with Crippen molar-refractivity contribution < 1.29 is 9.53 Å². The molecule has 0 atom stereocenters. The highest BCUT2D eigenvalue weighted by atomic mass is 32.1. The van der Waals surface area contributed by atoms with Crippen molar-refractivity contribution in [2.45, 2.75) is 33.6 Å². The second kappa shape index (κ2) is 6.56. The molecule has 3 rings (SSSR count). The summed E-state index contributed by atoms with van der Waals surface area (Å²) in [6.45, 7) is 8.33. The topological polar surface area (TPSA) is 81.4 Å². The summed E-state index contributed by atoms with van der Waals surface area (Å²) in [7, 11) is 0. The molecule has 0 aliphatic heterocycles. The van der Waals surface area contributed by atoms with Crippen LogP contribution in [0.3, 0.4) is 0 Å². The number of carbonyl (C=O) groups is 1. The van der Waals surface area contributed by atoms with Crippen LogP contribution in [0.4, 0.5) is 5.13 Å². The molecule has 7 nitrogen and oxygen atoms in total. The number of hydrogen-bond donors (Lipinski definition) is 1. The van der Waals surface area contributed by atoms with E-state index in [1.165, 1.54) is 11.3 Å². The highest BCUT2D eigenvalue weighted by Gasteiger charge is 2.20. The Morgan fingerprint density at radius 1 is 1.42 bits per heavy atom. The van der Waals surface area contributed by atoms with Crippen molar-refractivity contribution in [3.05, 3.63) is 34.7 Å². The van der Waals surface area contributed by atoms with Crippen LogP contribution in [-0.4, -0.2) is 32.1 Å². The number of aryl methyl sites for hydroxylation is 1. The second-order valence-electron chi connectivity index (χ2n) is 5.60. The smallest absolute Gasteiger partial charge is 0.276 e. The Bertz CT molecular complexity index is 884. The molecule has 8 heteroatoms. The molecule has 1 amide bonds. The number of nitrogens with zero attached hydrogens (tertiary/aromatic N) is 4. The number of hydrogen-bond acceptors (Lipinski definition) is 6. The Balaban J connectivity index is 1.94. The quantitative estimate of drug-likeness (QED) is 0.767. The minimum Gasteiger partial charge on any atom is -0.490 e. The van der Waals surface area contributed by atoms with E-state index in [2.05, 4.69) is 20.5 Å². The van der Waals surface area contributed by atoms with Crippen LogP contribution in [0.1, 0.15) is 47.9 Å². The Kier molecular flexibility index (Phi) is 4.48. The molecule has 0 fully saturated rings. The van der Waals surface area contributed by atoms with E-state index in [9.17, 15) is 4.79 Å². The predicted octanol–water partition coefficient (Wildman–Crippen LogP) is 3.27. The van der Waals surface area contributed by atoms with E-state index in [1.54, 1.807) is 17.5 Å². The average Bonchev–Trinajstić information content (AvgIpc) is 3.12. The van der Waals surface area contributed by atoms with Gasteiger partial charge < -0.3 is 4.74 Å². The molecule has 126 valence electrons. The molecule has 0 aromatic carbocycles. The summed E-state index contributed by atoms with van der Waals surface area (Å²) in [6, 6.07) is 3.67. The number of fused-ring (bicyclic) bond motifs is 1. The zero-order valence-corrected chi connectivity index (χ0v) is 14.8. The van der Waals surface area contributed by atoms with Crippen molar-refractivity contribution in [2.24, 2.45) is 0 Å². The number of ether oxygens (including phenoxy) is 1. The van der Waals surface area contributed by atoms with Gasteiger partial charge in [-0.2, -0.15) is 0 Å². The van der Waals surface area contributed by atoms with E-state index in [-0.39, 0.29) is 11.8 Å². The van der Waals surface area contributed by atoms with Gasteiger partial charge in [0, 0.05) is 12.1 Å². The fourth-order valence-corrected chi connectivity index (χ4v) is 3.11. The average molecular weight is 345 g/mol. The number of carbonyl (C=O) groups excluding carboxylic acids is 1. The lowest BCUT2D eigenvalue weighted by atomic mass is 10.2. The minimum atomic E-state index is -0.264. The van der Waals surface area contributed by atoms with E-state index < -0.39 is 0 Å². The number of anilines is 1. The molecule has 1 N–H and O–H groups in total. The van der Waals surface area contributed by atoms with Gasteiger partial charge in [0.15, 0.2) is 11.4 Å². The first-order valence-electron chi connectivity index (χ1n) is 7.76. The maximum absolute atomic E-state index is 12.7. The lowest BCUT2D eigenvalue weighted by molar-refractivity contribution is 0.102. The summed E-state index contributed by atoms with van der Waals surface area (Å²) in [6.07, 6.45) is 1.80. The van der Waals surface area contributed by atoms with E-state index in [0.29, 0.717) is 34.5 Å². The molecule has 3 aromatic heterocycles. The first kappa shape index (κ1) is 16.4. The lowest BCUT2D eigenvalue weighted by Gasteiger charge is -2.06. The fraction of sp³-hybridized carbons (Fsp3) is 0.375. The SMILES string of the molecule is CCOc1cccn2c(C(=O)Nc3nnc(C(C)C)s3)c(C)nc12. The van der Waals surface area contributed by atoms with Gasteiger partial charge in [0.2, 0.25) is 5.13 Å². The molecular weight excluding hydrogens is 326 g/mol. The van der Waals surface area contributed by atoms with Crippen LogP contribution in [0.15, 0.2) is 18.3 Å². The van der Waals surface area contributed by atoms with Crippen molar-refractivity contribution in [1.82, 2.24) is 19.6 Å². The summed E-state index contributed by atoms with van der Waals surface area (Å²) in [5.74, 6) is 0.666. The molecule has 0 bridgehead atoms. The molecular formula is C16H19N5O2S. The summed E-state index contributed by atoms with van der Waals surface area (Å²) in [5.41, 5.74) is 1.73. The van der Waals surface area contributed by atoms with Gasteiger partial charge in [0.05, 0.1) is 12.3 Å². The van der Waals surface area contributed by atoms with Crippen LogP contribution < -0.4 is 10.1 Å². The van der Waals surface area contributed by atoms with Crippen molar-refractivity contribution in [1.29, 1.82) is 0 Å². The molecule has 0 unspecified atom stereocenters. The van der Waals surface area contributed by atoms with Gasteiger partial charge in [-0.15, -0.1) is 10.2 Å². The van der Waals surface area contributed by atoms with Crippen LogP contribution in [0, 0.1) is 6.92 Å². The molecule has 0 radical (unpaired) electrons. The standard InChI is InChI=1S/C16H19N5O2S/c1-5-23-11-7-6-8-21-12(10(4)17-13(11)21)14(22)18-16-20-19-15(24-16)9(2)3/h6-9H,5H2,1-4H3,(H,18,20,22). The summed E-state index contributed by atoms with van der Waals surface area (Å²) in [4.78, 5) is 17.2. The molecule has 3 heterocycles. The van der Waals surface area contributed by atoms with E-state index >= 15 is 0 Å². The third kappa shape index (κ3) is 2.96. The third-order valence-corrected chi connectivity index (χ3v) is 4.60. The number of aromatic nitrogens is 4. The molecule has 24 heavy (non-hydrogen) atoms. The van der Waals surface area contributed by atoms with Gasteiger partial charge in [-0.05, 0) is 26.0 Å². The van der Waals surface area contributed by atoms with Crippen LogP contribution >= 0.6 is 11.3 Å². The van der Waals surface area contributed by atoms with Crippen LogP contribution in [0.25, 0.3) is 5.65 Å². The van der Waals surface area contributed by atoms with Gasteiger partial charge in [-0.25, -0.2) is 4.98 Å². The normalized spacial score (nSPS) is 11.2. The predicted molar refractivity (Wildman–Crippen MR) is 93.0 cm³/mol. The summed E-state index contributed by atoms with van der Waals surface area (Å²) >= 11 is 1.38. The number of amides is 1. The van der Waals surface area contributed by atoms with Crippen LogP contribution in [-0.2, 0) is 0 Å². The highest BCUT2D eigenvalue weighted by Crippen LogP contribution is 2.25. The Hall–Kier alpha value is -2.48. The first-order valence-corrected chi connectivity index (χ1v) is 8.58. The second-order valence-corrected chi connectivity index (χ2v) is 6.61. The van der Waals surface area contributed by atoms with Gasteiger partial charge in [-0.1, -0.05) is 25.2 Å². The van der Waals surface area contributed by atoms with Crippen molar-refractivity contribution in [3.63, 3.8) is 0 Å². The van der Waals surface area contributed by atoms with Gasteiger partial charge >= 0.3 is 0 Å². The Morgan fingerprint density at radius 2 is 2.21 bits per heavy atom. The Morgan fingerprint density at radius 3 is 2.88 bits per heavy atom. The Labute approximate surface area is 143 Å².